The zero-order valence-corrected chi connectivity index (χ0v) is 64.9. The van der Waals surface area contributed by atoms with E-state index in [1.54, 1.807) is 0 Å². The van der Waals surface area contributed by atoms with E-state index in [-0.39, 0.29) is 0 Å². The van der Waals surface area contributed by atoms with Gasteiger partial charge in [-0.3, -0.25) is 0 Å². The summed E-state index contributed by atoms with van der Waals surface area (Å²) in [7, 11) is -3.55. The van der Waals surface area contributed by atoms with E-state index >= 15 is 0 Å². The summed E-state index contributed by atoms with van der Waals surface area (Å²) >= 11 is 0. The zero-order valence-electron chi connectivity index (χ0n) is 62.9. The van der Waals surface area contributed by atoms with Gasteiger partial charge in [-0.25, -0.2) is 15.0 Å². The number of hydrogen-bond acceptors (Lipinski definition) is 3. The van der Waals surface area contributed by atoms with E-state index < -0.39 is 16.1 Å². The van der Waals surface area contributed by atoms with E-state index in [1.807, 2.05) is 0 Å². The molecule has 0 fully saturated rings. The lowest BCUT2D eigenvalue weighted by atomic mass is 9.86. The lowest BCUT2D eigenvalue weighted by Gasteiger charge is -2.20. The van der Waals surface area contributed by atoms with Crippen molar-refractivity contribution in [2.24, 2.45) is 0 Å². The van der Waals surface area contributed by atoms with Gasteiger partial charge in [-0.1, -0.05) is 384 Å². The highest BCUT2D eigenvalue weighted by molar-refractivity contribution is 7.04. The Morgan fingerprint density at radius 3 is 0.893 bits per heavy atom. The van der Waals surface area contributed by atoms with Crippen LogP contribution >= 0.6 is 0 Å². The van der Waals surface area contributed by atoms with Gasteiger partial charge in [0.2, 0.25) is 0 Å². The largest absolute Gasteiger partial charge is 0.248 e. The molecule has 0 aliphatic carbocycles. The molecule has 2 aliphatic heterocycles. The molecule has 0 spiro atoms. The Bertz CT molecular complexity index is 6680. The molecule has 0 radical (unpaired) electrons. The van der Waals surface area contributed by atoms with Crippen LogP contribution in [-0.2, 0) is 0 Å². The van der Waals surface area contributed by atoms with Crippen LogP contribution in [0.3, 0.4) is 0 Å². The standard InChI is InChI=1S/C57H41NSi.C50H36N2Si/c1-59(2)54-24-14-13-19-46(54)51-35-44(33-34-55(51)59)56-47-20-9-11-22-49(47)57(50-23-12-10-21-48(50)56)53-37-45(42-27-25-40(26-28-42)38-15-5-3-6-16-38)36-52(58-53)43-31-29-41(30-32-43)39-17-7-4-8-18-39;1-53(2)46-27-14-13-22-38(46)43-31-37(28-29-47(43)53)48-39-23-9-11-25-41(39)49(42-26-12-10-24-40(42)48)50-51-44(34-18-7-4-8-19-34)32-45(52-50)36-21-15-20-35(30-36)33-16-5-3-6-17-33/h3-37H,1-2H3;3-32H,1-2H3. The molecule has 17 aromatic carbocycles. The summed E-state index contributed by atoms with van der Waals surface area (Å²) in [5, 5.41) is 15.7. The highest BCUT2D eigenvalue weighted by Gasteiger charge is 2.39. The highest BCUT2D eigenvalue weighted by Crippen LogP contribution is 2.48. The second-order valence-corrected chi connectivity index (χ2v) is 39.5. The topological polar surface area (TPSA) is 38.7 Å². The Kier molecular flexibility index (Phi) is 16.8. The molecule has 528 valence electrons. The average Bonchev–Trinajstić information content (AvgIpc) is 1.56. The first-order chi connectivity index (χ1) is 55.1. The minimum Gasteiger partial charge on any atom is -0.248 e. The smallest absolute Gasteiger partial charge is 0.161 e. The lowest BCUT2D eigenvalue weighted by molar-refractivity contribution is 1.19. The predicted molar refractivity (Wildman–Crippen MR) is 480 cm³/mol. The van der Waals surface area contributed by atoms with Crippen LogP contribution in [0.4, 0.5) is 0 Å². The minimum atomic E-state index is -1.78. The van der Waals surface area contributed by atoms with Gasteiger partial charge >= 0.3 is 0 Å². The number of aromatic nitrogens is 3. The molecule has 3 nitrogen and oxygen atoms in total. The SMILES string of the molecule is C[Si]1(C)c2ccccc2-c2cc(-c3c4ccccc4c(-c4cc(-c5ccc(-c6ccccc6)cc5)cc(-c5ccc(-c6ccccc6)cc5)n4)c4ccccc34)ccc21.C[Si]1(C)c2ccccc2-c2cc(-c3c4ccccc4c(-c4nc(-c5ccccc5)cc(-c5cccc(-c6ccccc6)c5)n4)c4ccccc34)ccc21. The molecule has 112 heavy (non-hydrogen) atoms. The van der Waals surface area contributed by atoms with Crippen molar-refractivity contribution >= 4 is 80.0 Å². The summed E-state index contributed by atoms with van der Waals surface area (Å²) in [5.41, 5.74) is 29.2. The van der Waals surface area contributed by atoms with Gasteiger partial charge in [0, 0.05) is 27.8 Å². The Morgan fingerprint density at radius 2 is 0.446 bits per heavy atom. The number of rotatable bonds is 11. The van der Waals surface area contributed by atoms with Gasteiger partial charge in [-0.15, -0.1) is 0 Å². The molecular weight excluding hydrogens is 1380 g/mol. The van der Waals surface area contributed by atoms with E-state index in [1.165, 1.54) is 125 Å². The minimum absolute atomic E-state index is 0.723. The summed E-state index contributed by atoms with van der Waals surface area (Å²) in [6, 6.07) is 143. The van der Waals surface area contributed by atoms with Crippen molar-refractivity contribution in [3.63, 3.8) is 0 Å². The van der Waals surface area contributed by atoms with Crippen LogP contribution in [0.5, 0.6) is 0 Å². The number of hydrogen-bond donors (Lipinski definition) is 0. The fourth-order valence-electron chi connectivity index (χ4n) is 18.0. The highest BCUT2D eigenvalue weighted by atomic mass is 28.3. The summed E-state index contributed by atoms with van der Waals surface area (Å²) < 4.78 is 0. The first-order valence-corrected chi connectivity index (χ1v) is 44.9. The van der Waals surface area contributed by atoms with Crippen LogP contribution in [0, 0.1) is 0 Å². The Morgan fingerprint density at radius 1 is 0.161 bits per heavy atom. The van der Waals surface area contributed by atoms with Crippen LogP contribution in [0.25, 0.3) is 189 Å². The summed E-state index contributed by atoms with van der Waals surface area (Å²) in [4.78, 5) is 16.3. The van der Waals surface area contributed by atoms with Crippen LogP contribution in [-0.4, -0.2) is 31.1 Å². The summed E-state index contributed by atoms with van der Waals surface area (Å²) in [5.74, 6) is 0.723. The fourth-order valence-corrected chi connectivity index (χ4v) is 24.2. The molecule has 0 unspecified atom stereocenters. The number of nitrogens with zero attached hydrogens (tertiary/aromatic N) is 3. The van der Waals surface area contributed by atoms with Crippen molar-refractivity contribution < 1.29 is 0 Å². The van der Waals surface area contributed by atoms with E-state index in [9.17, 15) is 0 Å². The average molecular weight is 1460 g/mol. The van der Waals surface area contributed by atoms with Crippen molar-refractivity contribution in [2.75, 3.05) is 0 Å². The van der Waals surface area contributed by atoms with Crippen molar-refractivity contribution in [3.05, 3.63) is 394 Å². The Hall–Kier alpha value is -13.6. The molecule has 21 rings (SSSR count). The third-order valence-corrected chi connectivity index (χ3v) is 30.7. The predicted octanol–water partition coefficient (Wildman–Crippen LogP) is 26.1. The maximum atomic E-state index is 5.56. The number of pyridine rings is 1. The van der Waals surface area contributed by atoms with Crippen LogP contribution < -0.4 is 20.7 Å². The molecular formula is C107H77N3Si2. The zero-order chi connectivity index (χ0) is 75.0. The molecule has 5 heteroatoms. The fraction of sp³-hybridized carbons (Fsp3) is 0.0374. The maximum absolute atomic E-state index is 5.56. The molecule has 0 saturated carbocycles. The molecule has 0 saturated heterocycles. The second kappa shape index (κ2) is 27.8. The molecule has 0 amide bonds. The summed E-state index contributed by atoms with van der Waals surface area (Å²) in [6.45, 7) is 9.93. The van der Waals surface area contributed by atoms with Crippen molar-refractivity contribution in [3.8, 4) is 145 Å². The van der Waals surface area contributed by atoms with Crippen molar-refractivity contribution in [2.45, 2.75) is 26.2 Å². The Balaban J connectivity index is 0.000000147. The Labute approximate surface area is 656 Å². The molecule has 4 heterocycles. The van der Waals surface area contributed by atoms with E-state index in [0.717, 1.165) is 83.9 Å². The van der Waals surface area contributed by atoms with Gasteiger partial charge in [-0.2, -0.15) is 0 Å². The molecule has 2 aliphatic rings. The maximum Gasteiger partial charge on any atom is 0.161 e. The van der Waals surface area contributed by atoms with E-state index in [0.29, 0.717) is 0 Å². The van der Waals surface area contributed by atoms with Crippen LogP contribution in [0.2, 0.25) is 26.2 Å². The third-order valence-electron chi connectivity index (χ3n) is 23.6. The van der Waals surface area contributed by atoms with Crippen LogP contribution in [0.1, 0.15) is 0 Å². The molecule has 0 atom stereocenters. The van der Waals surface area contributed by atoms with E-state index in [4.69, 9.17) is 15.0 Å². The van der Waals surface area contributed by atoms with E-state index in [2.05, 4.69) is 421 Å². The van der Waals surface area contributed by atoms with Gasteiger partial charge in [0.1, 0.15) is 16.1 Å². The lowest BCUT2D eigenvalue weighted by Crippen LogP contribution is -2.49. The van der Waals surface area contributed by atoms with Gasteiger partial charge in [0.15, 0.2) is 5.82 Å². The second-order valence-electron chi connectivity index (χ2n) is 30.8. The molecule has 0 bridgehead atoms. The molecule has 19 aromatic rings. The van der Waals surface area contributed by atoms with Gasteiger partial charge < -0.3 is 0 Å². The van der Waals surface area contributed by atoms with Gasteiger partial charge in [0.25, 0.3) is 0 Å². The van der Waals surface area contributed by atoms with Crippen molar-refractivity contribution in [1.29, 1.82) is 0 Å². The monoisotopic (exact) mass is 1460 g/mol. The van der Waals surface area contributed by atoms with Crippen LogP contribution in [0.15, 0.2) is 394 Å². The van der Waals surface area contributed by atoms with Gasteiger partial charge in [0.05, 0.1) is 22.8 Å². The normalized spacial score (nSPS) is 12.8. The number of benzene rings is 17. The van der Waals surface area contributed by atoms with Crippen molar-refractivity contribution in [1.82, 2.24) is 15.0 Å². The quantitative estimate of drug-likeness (QED) is 0.0957. The first kappa shape index (κ1) is 67.8. The summed E-state index contributed by atoms with van der Waals surface area (Å²) in [6.07, 6.45) is 0. The first-order valence-electron chi connectivity index (χ1n) is 38.9. The van der Waals surface area contributed by atoms with Gasteiger partial charge in [-0.05, 0) is 189 Å². The number of fused-ring (bicyclic) bond motifs is 10. The molecule has 0 N–H and O–H groups in total. The molecule has 2 aromatic heterocycles. The third kappa shape index (κ3) is 11.8.